The number of likely N-dealkylation sites (N-methyl/N-ethyl adjacent to an activating group) is 1. The van der Waals surface area contributed by atoms with E-state index in [2.05, 4.69) is 4.98 Å². The van der Waals surface area contributed by atoms with E-state index in [1.807, 2.05) is 38.1 Å². The van der Waals surface area contributed by atoms with Gasteiger partial charge in [0.15, 0.2) is 0 Å². The first-order valence-electron chi connectivity index (χ1n) is 9.97. The van der Waals surface area contributed by atoms with Crippen LogP contribution in [0.15, 0.2) is 65.0 Å². The molecule has 0 atom stereocenters. The van der Waals surface area contributed by atoms with Crippen molar-refractivity contribution in [3.63, 3.8) is 0 Å². The van der Waals surface area contributed by atoms with E-state index < -0.39 is 4.92 Å². The van der Waals surface area contributed by atoms with Gasteiger partial charge in [-0.3, -0.25) is 24.3 Å². The van der Waals surface area contributed by atoms with Crippen LogP contribution in [-0.2, 0) is 11.3 Å². The van der Waals surface area contributed by atoms with Gasteiger partial charge in [-0.1, -0.05) is 12.1 Å². The van der Waals surface area contributed by atoms with E-state index >= 15 is 0 Å². The number of non-ortho nitro benzene ring substituents is 1. The van der Waals surface area contributed by atoms with Crippen LogP contribution in [0.2, 0.25) is 0 Å². The number of hydrogen-bond acceptors (Lipinski definition) is 6. The van der Waals surface area contributed by atoms with Gasteiger partial charge in [0.1, 0.15) is 11.4 Å². The molecule has 0 aliphatic carbocycles. The van der Waals surface area contributed by atoms with Crippen molar-refractivity contribution in [1.82, 2.24) is 9.55 Å². The van der Waals surface area contributed by atoms with Gasteiger partial charge in [0.05, 0.1) is 16.6 Å². The van der Waals surface area contributed by atoms with E-state index in [0.717, 1.165) is 11.3 Å². The van der Waals surface area contributed by atoms with E-state index in [1.165, 1.54) is 34.4 Å². The number of nitro benzene ring substituents is 1. The maximum atomic E-state index is 13.2. The molecule has 0 unspecified atom stereocenters. The minimum absolute atomic E-state index is 0.0229. The van der Waals surface area contributed by atoms with Gasteiger partial charge < -0.3 is 4.90 Å². The molecule has 4 rings (SSSR count). The average molecular weight is 449 g/mol. The summed E-state index contributed by atoms with van der Waals surface area (Å²) in [6.45, 7) is 4.18. The fourth-order valence-electron chi connectivity index (χ4n) is 3.59. The van der Waals surface area contributed by atoms with E-state index in [0.29, 0.717) is 27.9 Å². The Bertz CT molecular complexity index is 1380. The van der Waals surface area contributed by atoms with Crippen LogP contribution in [-0.4, -0.2) is 26.9 Å². The van der Waals surface area contributed by atoms with Crippen molar-refractivity contribution in [2.75, 3.05) is 11.4 Å². The number of benzene rings is 2. The molecule has 2 aromatic heterocycles. The third-order valence-corrected chi connectivity index (χ3v) is 6.07. The molecule has 9 heteroatoms. The normalized spacial score (nSPS) is 10.9. The van der Waals surface area contributed by atoms with Crippen molar-refractivity contribution in [2.45, 2.75) is 20.4 Å². The van der Waals surface area contributed by atoms with E-state index in [9.17, 15) is 19.7 Å². The number of nitro groups is 1. The Balaban J connectivity index is 1.69. The molecule has 0 spiro atoms. The maximum Gasteiger partial charge on any atom is 0.269 e. The number of fused-ring (bicyclic) bond motifs is 1. The lowest BCUT2D eigenvalue weighted by Crippen LogP contribution is -2.36. The number of amides is 1. The van der Waals surface area contributed by atoms with Crippen molar-refractivity contribution in [3.05, 3.63) is 86.3 Å². The fourth-order valence-corrected chi connectivity index (χ4v) is 4.49. The van der Waals surface area contributed by atoms with Crippen molar-refractivity contribution >= 4 is 38.8 Å². The Kier molecular flexibility index (Phi) is 5.83. The highest BCUT2D eigenvalue weighted by Crippen LogP contribution is 2.31. The predicted octanol–water partition coefficient (Wildman–Crippen LogP) is 4.39. The van der Waals surface area contributed by atoms with Gasteiger partial charge in [0.2, 0.25) is 5.91 Å². The van der Waals surface area contributed by atoms with Crippen LogP contribution < -0.4 is 10.5 Å². The van der Waals surface area contributed by atoms with Crippen LogP contribution in [0.1, 0.15) is 12.5 Å². The first-order valence-corrected chi connectivity index (χ1v) is 10.9. The van der Waals surface area contributed by atoms with Gasteiger partial charge in [-0.15, -0.1) is 11.3 Å². The van der Waals surface area contributed by atoms with Gasteiger partial charge in [-0.2, -0.15) is 0 Å². The number of aromatic nitrogens is 2. The number of rotatable bonds is 6. The summed E-state index contributed by atoms with van der Waals surface area (Å²) in [5.41, 5.74) is 2.80. The van der Waals surface area contributed by atoms with Crippen LogP contribution in [0, 0.1) is 17.0 Å². The maximum absolute atomic E-state index is 13.2. The molecule has 0 saturated heterocycles. The molecule has 0 saturated carbocycles. The largest absolute Gasteiger partial charge is 0.311 e. The summed E-state index contributed by atoms with van der Waals surface area (Å²) in [6.07, 6.45) is 1.39. The second kappa shape index (κ2) is 8.72. The summed E-state index contributed by atoms with van der Waals surface area (Å²) in [7, 11) is 0. The Morgan fingerprint density at radius 3 is 2.62 bits per heavy atom. The fraction of sp³-hybridized carbons (Fsp3) is 0.174. The van der Waals surface area contributed by atoms with Gasteiger partial charge in [0, 0.05) is 35.3 Å². The first kappa shape index (κ1) is 21.4. The molecule has 0 radical (unpaired) electrons. The van der Waals surface area contributed by atoms with Crippen molar-refractivity contribution in [2.24, 2.45) is 0 Å². The summed E-state index contributed by atoms with van der Waals surface area (Å²) >= 11 is 1.32. The highest BCUT2D eigenvalue weighted by Gasteiger charge is 2.19. The van der Waals surface area contributed by atoms with Crippen LogP contribution in [0.4, 0.5) is 11.4 Å². The van der Waals surface area contributed by atoms with Gasteiger partial charge in [0.25, 0.3) is 11.2 Å². The zero-order valence-electron chi connectivity index (χ0n) is 17.5. The van der Waals surface area contributed by atoms with E-state index in [4.69, 9.17) is 0 Å². The Hall–Kier alpha value is -3.85. The molecule has 2 heterocycles. The lowest BCUT2D eigenvalue weighted by Gasteiger charge is -2.22. The number of hydrogen-bond donors (Lipinski definition) is 0. The highest BCUT2D eigenvalue weighted by molar-refractivity contribution is 7.17. The Morgan fingerprint density at radius 1 is 1.22 bits per heavy atom. The summed E-state index contributed by atoms with van der Waals surface area (Å²) in [6, 6.07) is 13.7. The Morgan fingerprint density at radius 2 is 1.97 bits per heavy atom. The van der Waals surface area contributed by atoms with Crippen LogP contribution >= 0.6 is 11.3 Å². The number of aryl methyl sites for hydroxylation is 1. The molecule has 0 aliphatic heterocycles. The number of nitrogens with zero attached hydrogens (tertiary/aromatic N) is 4. The zero-order valence-corrected chi connectivity index (χ0v) is 18.3. The molecule has 8 nitrogen and oxygen atoms in total. The molecule has 0 bridgehead atoms. The first-order chi connectivity index (χ1) is 15.4. The van der Waals surface area contributed by atoms with Crippen LogP contribution in [0.25, 0.3) is 21.3 Å². The third kappa shape index (κ3) is 4.02. The van der Waals surface area contributed by atoms with E-state index in [1.54, 1.807) is 22.4 Å². The van der Waals surface area contributed by atoms with Crippen molar-refractivity contribution < 1.29 is 9.72 Å². The molecule has 162 valence electrons. The summed E-state index contributed by atoms with van der Waals surface area (Å²) in [4.78, 5) is 43.3. The number of carbonyl (C=O) groups is 1. The van der Waals surface area contributed by atoms with E-state index in [-0.39, 0.29) is 23.7 Å². The molecule has 2 aromatic carbocycles. The molecule has 1 amide bonds. The lowest BCUT2D eigenvalue weighted by molar-refractivity contribution is -0.384. The smallest absolute Gasteiger partial charge is 0.269 e. The van der Waals surface area contributed by atoms with Gasteiger partial charge in [-0.25, -0.2) is 4.98 Å². The molecule has 0 aliphatic rings. The van der Waals surface area contributed by atoms with Crippen molar-refractivity contribution in [3.8, 4) is 11.1 Å². The standard InChI is InChI=1S/C23H20N4O4S/c1-3-26(18-6-4-5-15(2)11-18)20(28)12-25-14-24-22-21(23(25)29)19(13-32-22)16-7-9-17(10-8-16)27(30)31/h4-11,13-14H,3,12H2,1-2H3. The zero-order chi connectivity index (χ0) is 22.8. The summed E-state index contributed by atoms with van der Waals surface area (Å²) in [5.74, 6) is -0.214. The summed E-state index contributed by atoms with van der Waals surface area (Å²) in [5, 5.41) is 13.1. The van der Waals surface area contributed by atoms with Gasteiger partial charge >= 0.3 is 0 Å². The molecule has 0 fully saturated rings. The minimum Gasteiger partial charge on any atom is -0.311 e. The summed E-state index contributed by atoms with van der Waals surface area (Å²) < 4.78 is 1.31. The quantitative estimate of drug-likeness (QED) is 0.322. The number of thiophene rings is 1. The highest BCUT2D eigenvalue weighted by atomic mass is 32.1. The Labute approximate surface area is 187 Å². The minimum atomic E-state index is -0.469. The molecular formula is C23H20N4O4S. The second-order valence-corrected chi connectivity index (χ2v) is 8.15. The lowest BCUT2D eigenvalue weighted by atomic mass is 10.1. The predicted molar refractivity (Wildman–Crippen MR) is 125 cm³/mol. The number of anilines is 1. The third-order valence-electron chi connectivity index (χ3n) is 5.19. The van der Waals surface area contributed by atoms with Crippen LogP contribution in [0.5, 0.6) is 0 Å². The van der Waals surface area contributed by atoms with Gasteiger partial charge in [-0.05, 0) is 49.2 Å². The molecular weight excluding hydrogens is 428 g/mol. The molecule has 4 aromatic rings. The molecule has 0 N–H and O–H groups in total. The SMILES string of the molecule is CCN(C(=O)Cn1cnc2scc(-c3ccc([N+](=O)[O-])cc3)c2c1=O)c1cccc(C)c1. The average Bonchev–Trinajstić information content (AvgIpc) is 3.21. The topological polar surface area (TPSA) is 98.3 Å². The molecule has 32 heavy (non-hydrogen) atoms. The monoisotopic (exact) mass is 448 g/mol. The van der Waals surface area contributed by atoms with Crippen LogP contribution in [0.3, 0.4) is 0 Å². The van der Waals surface area contributed by atoms with Crippen molar-refractivity contribution in [1.29, 1.82) is 0 Å². The number of carbonyl (C=O) groups excluding carboxylic acids is 1. The second-order valence-electron chi connectivity index (χ2n) is 7.29.